The number of nitrogens with one attached hydrogen (secondary N) is 3. The maximum atomic E-state index is 4.65. The van der Waals surface area contributed by atoms with Crippen LogP contribution in [-0.4, -0.2) is 32.0 Å². The molecule has 0 spiro atoms. The Morgan fingerprint density at radius 3 is 2.65 bits per heavy atom. The molecular formula is C19H19N7. The number of hydrogen-bond donors (Lipinski definition) is 3. The van der Waals surface area contributed by atoms with Crippen molar-refractivity contribution in [3.8, 4) is 11.4 Å². The highest BCUT2D eigenvalue weighted by molar-refractivity contribution is 5.93. The molecule has 0 saturated heterocycles. The Labute approximate surface area is 151 Å². The van der Waals surface area contributed by atoms with Crippen LogP contribution in [0.25, 0.3) is 22.4 Å². The monoisotopic (exact) mass is 345 g/mol. The van der Waals surface area contributed by atoms with Crippen LogP contribution < -0.4 is 10.6 Å². The first kappa shape index (κ1) is 16.0. The van der Waals surface area contributed by atoms with E-state index in [1.54, 1.807) is 12.4 Å². The summed E-state index contributed by atoms with van der Waals surface area (Å²) in [4.78, 5) is 21.1. The Morgan fingerprint density at radius 2 is 1.85 bits per heavy atom. The van der Waals surface area contributed by atoms with Crippen molar-refractivity contribution in [1.29, 1.82) is 0 Å². The van der Waals surface area contributed by atoms with Crippen molar-refractivity contribution in [1.82, 2.24) is 24.9 Å². The molecule has 3 N–H and O–H groups in total. The molecule has 0 aliphatic heterocycles. The number of hydrogen-bond acceptors (Lipinski definition) is 6. The maximum Gasteiger partial charge on any atom is 0.162 e. The van der Waals surface area contributed by atoms with Crippen LogP contribution in [-0.2, 0) is 6.54 Å². The summed E-state index contributed by atoms with van der Waals surface area (Å²) in [5, 5.41) is 7.44. The Morgan fingerprint density at radius 1 is 1.00 bits per heavy atom. The van der Waals surface area contributed by atoms with Gasteiger partial charge in [0.1, 0.15) is 17.3 Å². The highest BCUT2D eigenvalue weighted by atomic mass is 15.0. The number of aromatic nitrogens is 5. The first-order valence-electron chi connectivity index (χ1n) is 8.37. The average Bonchev–Trinajstić information content (AvgIpc) is 3.14. The van der Waals surface area contributed by atoms with Gasteiger partial charge in [0.25, 0.3) is 0 Å². The summed E-state index contributed by atoms with van der Waals surface area (Å²) in [5.74, 6) is 2.23. The maximum absolute atomic E-state index is 4.65. The van der Waals surface area contributed by atoms with Crippen molar-refractivity contribution in [2.24, 2.45) is 0 Å². The van der Waals surface area contributed by atoms with Crippen molar-refractivity contribution in [3.63, 3.8) is 0 Å². The van der Waals surface area contributed by atoms with Crippen LogP contribution >= 0.6 is 0 Å². The minimum Gasteiger partial charge on any atom is -0.373 e. The zero-order chi connectivity index (χ0) is 17.9. The summed E-state index contributed by atoms with van der Waals surface area (Å²) >= 11 is 0. The molecular weight excluding hydrogens is 326 g/mol. The van der Waals surface area contributed by atoms with Crippen LogP contribution in [0, 0.1) is 6.92 Å². The van der Waals surface area contributed by atoms with Crippen LogP contribution in [0.15, 0.2) is 48.9 Å². The second-order valence-electron chi connectivity index (χ2n) is 5.97. The summed E-state index contributed by atoms with van der Waals surface area (Å²) in [5.41, 5.74) is 3.79. The minimum absolute atomic E-state index is 0.664. The third-order valence-corrected chi connectivity index (χ3v) is 4.10. The molecule has 0 saturated carbocycles. The van der Waals surface area contributed by atoms with Crippen molar-refractivity contribution < 1.29 is 0 Å². The van der Waals surface area contributed by atoms with Gasteiger partial charge >= 0.3 is 0 Å². The topological polar surface area (TPSA) is 91.4 Å². The van der Waals surface area contributed by atoms with Crippen LogP contribution in [0.2, 0.25) is 0 Å². The number of rotatable bonds is 5. The van der Waals surface area contributed by atoms with Gasteiger partial charge in [0.15, 0.2) is 5.82 Å². The van der Waals surface area contributed by atoms with Gasteiger partial charge in [-0.25, -0.2) is 15.0 Å². The Bertz CT molecular complexity index is 1040. The zero-order valence-electron chi connectivity index (χ0n) is 14.6. The van der Waals surface area contributed by atoms with Gasteiger partial charge < -0.3 is 15.6 Å². The number of fused-ring (bicyclic) bond motifs is 1. The third kappa shape index (κ3) is 3.19. The fourth-order valence-electron chi connectivity index (χ4n) is 2.82. The molecule has 0 aromatic carbocycles. The largest absolute Gasteiger partial charge is 0.373 e. The highest BCUT2D eigenvalue weighted by Crippen LogP contribution is 2.28. The lowest BCUT2D eigenvalue weighted by Crippen LogP contribution is -2.03. The summed E-state index contributed by atoms with van der Waals surface area (Å²) in [6, 6.07) is 9.86. The van der Waals surface area contributed by atoms with Crippen molar-refractivity contribution in [2.45, 2.75) is 13.5 Å². The lowest BCUT2D eigenvalue weighted by molar-refractivity contribution is 1.09. The van der Waals surface area contributed by atoms with Gasteiger partial charge in [0.05, 0.1) is 0 Å². The number of aromatic amines is 1. The van der Waals surface area contributed by atoms with E-state index in [4.69, 9.17) is 0 Å². The van der Waals surface area contributed by atoms with Crippen molar-refractivity contribution in [3.05, 3.63) is 60.2 Å². The van der Waals surface area contributed by atoms with E-state index in [0.717, 1.165) is 39.5 Å². The molecule has 130 valence electrons. The van der Waals surface area contributed by atoms with Gasteiger partial charge in [-0.3, -0.25) is 4.98 Å². The molecule has 0 fully saturated rings. The van der Waals surface area contributed by atoms with Crippen molar-refractivity contribution in [2.75, 3.05) is 17.7 Å². The summed E-state index contributed by atoms with van der Waals surface area (Å²) in [6.45, 7) is 2.63. The van der Waals surface area contributed by atoms with E-state index in [0.29, 0.717) is 12.4 Å². The van der Waals surface area contributed by atoms with E-state index in [1.807, 2.05) is 50.5 Å². The quantitative estimate of drug-likeness (QED) is 0.514. The van der Waals surface area contributed by atoms with Gasteiger partial charge in [0.2, 0.25) is 0 Å². The second-order valence-corrected chi connectivity index (χ2v) is 5.97. The SMILES string of the molecule is CNc1cc(C)nc(-c2cc(NCc3ccncc3)nc3[nH]ccc23)n1. The molecule has 4 heterocycles. The molecule has 7 nitrogen and oxygen atoms in total. The van der Waals surface area contributed by atoms with Gasteiger partial charge in [-0.2, -0.15) is 0 Å². The fourth-order valence-corrected chi connectivity index (χ4v) is 2.82. The lowest BCUT2D eigenvalue weighted by atomic mass is 10.1. The molecule has 4 rings (SSSR count). The molecule has 0 atom stereocenters. The van der Waals surface area contributed by atoms with E-state index >= 15 is 0 Å². The van der Waals surface area contributed by atoms with Crippen molar-refractivity contribution >= 4 is 22.7 Å². The molecule has 0 amide bonds. The fraction of sp³-hybridized carbons (Fsp3) is 0.158. The Hall–Kier alpha value is -3.48. The molecule has 7 heteroatoms. The molecule has 26 heavy (non-hydrogen) atoms. The number of nitrogens with zero attached hydrogens (tertiary/aromatic N) is 4. The van der Waals surface area contributed by atoms with Crippen LogP contribution in [0.3, 0.4) is 0 Å². The van der Waals surface area contributed by atoms with Crippen LogP contribution in [0.5, 0.6) is 0 Å². The number of H-pyrrole nitrogens is 1. The molecule has 4 aromatic rings. The molecule has 0 radical (unpaired) electrons. The molecule has 0 unspecified atom stereocenters. The third-order valence-electron chi connectivity index (χ3n) is 4.10. The minimum atomic E-state index is 0.664. The molecule has 0 aliphatic rings. The number of anilines is 2. The number of aryl methyl sites for hydroxylation is 1. The van der Waals surface area contributed by atoms with E-state index in [2.05, 4.69) is 35.6 Å². The smallest absolute Gasteiger partial charge is 0.162 e. The standard InChI is InChI=1S/C19H19N7/c1-12-9-16(20-2)25-19(24-12)15-10-17(26-18-14(15)5-8-22-18)23-11-13-3-6-21-7-4-13/h3-10H,11H2,1-2H3,(H,20,24,25)(H2,22,23,26). The molecule has 0 aliphatic carbocycles. The van der Waals surface area contributed by atoms with E-state index in [9.17, 15) is 0 Å². The van der Waals surface area contributed by atoms with E-state index in [1.165, 1.54) is 0 Å². The Balaban J connectivity index is 1.74. The summed E-state index contributed by atoms with van der Waals surface area (Å²) < 4.78 is 0. The Kier molecular flexibility index (Phi) is 4.18. The van der Waals surface area contributed by atoms with Gasteiger partial charge in [-0.15, -0.1) is 0 Å². The molecule has 0 bridgehead atoms. The normalized spacial score (nSPS) is 10.8. The predicted octanol–water partition coefficient (Wildman–Crippen LogP) is 3.38. The van der Waals surface area contributed by atoms with Gasteiger partial charge in [-0.1, -0.05) is 0 Å². The van der Waals surface area contributed by atoms with Gasteiger partial charge in [0, 0.05) is 54.9 Å². The second kappa shape index (κ2) is 6.79. The average molecular weight is 345 g/mol. The zero-order valence-corrected chi connectivity index (χ0v) is 14.6. The lowest BCUT2D eigenvalue weighted by Gasteiger charge is -2.10. The van der Waals surface area contributed by atoms with Crippen LogP contribution in [0.1, 0.15) is 11.3 Å². The summed E-state index contributed by atoms with van der Waals surface area (Å²) in [6.07, 6.45) is 5.44. The first-order valence-corrected chi connectivity index (χ1v) is 8.37. The molecule has 4 aromatic heterocycles. The summed E-state index contributed by atoms with van der Waals surface area (Å²) in [7, 11) is 1.85. The first-order chi connectivity index (χ1) is 12.7. The van der Waals surface area contributed by atoms with E-state index in [-0.39, 0.29) is 0 Å². The predicted molar refractivity (Wildman–Crippen MR) is 103 cm³/mol. The van der Waals surface area contributed by atoms with Gasteiger partial charge in [-0.05, 0) is 36.8 Å². The van der Waals surface area contributed by atoms with Crippen LogP contribution in [0.4, 0.5) is 11.6 Å². The highest BCUT2D eigenvalue weighted by Gasteiger charge is 2.12. The van der Waals surface area contributed by atoms with E-state index < -0.39 is 0 Å². The number of pyridine rings is 2.